The van der Waals surface area contributed by atoms with Crippen molar-refractivity contribution in [2.24, 2.45) is 0 Å². The predicted molar refractivity (Wildman–Crippen MR) is 424 cm³/mol. The first kappa shape index (κ1) is 96.6. The van der Waals surface area contributed by atoms with Gasteiger partial charge in [0, 0.05) is 6.42 Å². The predicted octanol–water partition coefficient (Wildman–Crippen LogP) is 14.9. The quantitative estimate of drug-likeness (QED) is 0.0199. The van der Waals surface area contributed by atoms with E-state index in [2.05, 4.69) is 116 Å². The van der Waals surface area contributed by atoms with Crippen LogP contribution in [-0.2, 0) is 33.2 Å². The summed E-state index contributed by atoms with van der Waals surface area (Å²) in [6.45, 7) is 1.62. The number of aliphatic hydroxyl groups is 11. The van der Waals surface area contributed by atoms with E-state index >= 15 is 0 Å². The Hall–Kier alpha value is -3.55. The van der Waals surface area contributed by atoms with E-state index in [1.807, 2.05) is 6.08 Å². The monoisotopic (exact) mass is 1500 g/mol. The molecule has 19 nitrogen and oxygen atoms in total. The molecule has 0 radical (unpaired) electrons. The average Bonchev–Trinajstić information content (AvgIpc) is 0.781. The van der Waals surface area contributed by atoms with Crippen LogP contribution in [0.4, 0.5) is 0 Å². The highest BCUT2D eigenvalue weighted by Gasteiger charge is 2.54. The van der Waals surface area contributed by atoms with Gasteiger partial charge < -0.3 is 89.9 Å². The van der Waals surface area contributed by atoms with Crippen LogP contribution in [0.25, 0.3) is 0 Å². The summed E-state index contributed by atoms with van der Waals surface area (Å²) >= 11 is 0. The second kappa shape index (κ2) is 66.1. The van der Waals surface area contributed by atoms with Gasteiger partial charge in [-0.15, -0.1) is 0 Å². The minimum atomic E-state index is -1.99. The zero-order chi connectivity index (χ0) is 76.7. The zero-order valence-corrected chi connectivity index (χ0v) is 65.6. The highest BCUT2D eigenvalue weighted by atomic mass is 16.8. The molecular weight excluding hydrogens is 1350 g/mol. The summed E-state index contributed by atoms with van der Waals surface area (Å²) in [6.07, 6.45) is 65.1. The molecule has 0 aromatic rings. The maximum absolute atomic E-state index is 13.5. The SMILES string of the molecule is CC/C=C\C/C=C\C/C=C\C/C=C\C/C=C\C/C=C\CCCCCCCCCCCCC(=O)NC(COC1OC(CO)C(OC2OC(CO)C(OC3OC(CO)C(O)C(O)C3O)C(O)C2O)C(O)C1O)C(O)/C=C/CC/C=C/CC/C=C/CCCCCCCCCCCCCCCCCCCCCCCC. The molecule has 0 aromatic carbocycles. The molecule has 3 fully saturated rings. The molecule has 3 heterocycles. The molecule has 0 saturated carbocycles. The number of hydrogen-bond acceptors (Lipinski definition) is 18. The summed E-state index contributed by atoms with van der Waals surface area (Å²) < 4.78 is 34.4. The molecule has 12 N–H and O–H groups in total. The van der Waals surface area contributed by atoms with Crippen LogP contribution in [0, 0.1) is 0 Å². The number of aliphatic hydroxyl groups excluding tert-OH is 11. The Bertz CT molecular complexity index is 2340. The number of allylic oxidation sites excluding steroid dienone is 17. The van der Waals surface area contributed by atoms with E-state index in [0.29, 0.717) is 12.8 Å². The van der Waals surface area contributed by atoms with Gasteiger partial charge >= 0.3 is 0 Å². The molecule has 106 heavy (non-hydrogen) atoms. The molecule has 17 atom stereocenters. The van der Waals surface area contributed by atoms with Gasteiger partial charge in [-0.1, -0.05) is 309 Å². The van der Waals surface area contributed by atoms with Crippen LogP contribution in [0.1, 0.15) is 303 Å². The van der Waals surface area contributed by atoms with E-state index in [9.17, 15) is 61.0 Å². The normalized spacial score (nSPS) is 26.2. The van der Waals surface area contributed by atoms with Gasteiger partial charge in [0.2, 0.25) is 5.91 Å². The van der Waals surface area contributed by atoms with Crippen molar-refractivity contribution < 1.29 is 89.4 Å². The van der Waals surface area contributed by atoms with Crippen LogP contribution >= 0.6 is 0 Å². The number of rotatable bonds is 66. The molecule has 3 aliphatic heterocycles. The highest BCUT2D eigenvalue weighted by Crippen LogP contribution is 2.33. The topological polar surface area (TPSA) is 307 Å². The number of hydrogen-bond donors (Lipinski definition) is 12. The van der Waals surface area contributed by atoms with Crippen molar-refractivity contribution in [3.8, 4) is 0 Å². The minimum Gasteiger partial charge on any atom is -0.394 e. The second-order valence-corrected chi connectivity index (χ2v) is 29.5. The zero-order valence-electron chi connectivity index (χ0n) is 65.6. The van der Waals surface area contributed by atoms with Crippen molar-refractivity contribution in [2.45, 2.75) is 407 Å². The van der Waals surface area contributed by atoms with Crippen molar-refractivity contribution in [3.63, 3.8) is 0 Å². The molecule has 3 saturated heterocycles. The molecule has 3 aliphatic rings. The lowest BCUT2D eigenvalue weighted by molar-refractivity contribution is -0.379. The van der Waals surface area contributed by atoms with Crippen molar-refractivity contribution in [1.29, 1.82) is 0 Å². The van der Waals surface area contributed by atoms with Crippen molar-refractivity contribution >= 4 is 5.91 Å². The summed E-state index contributed by atoms with van der Waals surface area (Å²) in [7, 11) is 0. The maximum atomic E-state index is 13.5. The Morgan fingerprint density at radius 2 is 0.660 bits per heavy atom. The molecule has 0 spiro atoms. The Morgan fingerprint density at radius 1 is 0.349 bits per heavy atom. The van der Waals surface area contributed by atoms with E-state index in [1.54, 1.807) is 6.08 Å². The van der Waals surface area contributed by atoms with Crippen molar-refractivity contribution in [3.05, 3.63) is 109 Å². The summed E-state index contributed by atoms with van der Waals surface area (Å²) in [5.74, 6) is -0.296. The first-order valence-corrected chi connectivity index (χ1v) is 42.1. The van der Waals surface area contributed by atoms with Gasteiger partial charge in [-0.25, -0.2) is 0 Å². The highest BCUT2D eigenvalue weighted by molar-refractivity contribution is 5.76. The van der Waals surface area contributed by atoms with Crippen LogP contribution in [0.15, 0.2) is 109 Å². The Balaban J connectivity index is 1.38. The summed E-state index contributed by atoms with van der Waals surface area (Å²) in [5, 5.41) is 121. The van der Waals surface area contributed by atoms with Crippen LogP contribution in [0.2, 0.25) is 0 Å². The van der Waals surface area contributed by atoms with Gasteiger partial charge in [-0.05, 0) is 96.3 Å². The number of ether oxygens (including phenoxy) is 6. The largest absolute Gasteiger partial charge is 0.394 e. The number of nitrogens with one attached hydrogen (secondary N) is 1. The standard InChI is InChI=1S/C87H151NO18/c1-3-5-7-9-11-13-15-17-19-21-23-25-27-29-31-33-34-35-37-38-40-42-44-46-48-50-52-54-56-58-60-62-64-71(92)70(88-75(93)65-63-61-59-57-55-53-51-49-47-45-43-41-39-36-32-30-28-26-24-22-20-18-16-14-12-10-8-6-4-2)69-101-85-81(99)78(96)83(73(67-90)103-85)106-87-82(100)79(97)84(74(68-91)104-87)105-86-80(98)77(95)76(94)72(66-89)102-86/h6,8,12,14,18,20,24,26,30,32,39,41,46,48,54,56,62,64,70-74,76-87,89-92,94-100H,3-5,7,9-11,13,15-17,19,21-23,25,27-29,31,33-38,40,42-45,47,49-53,55,57-61,63,65-69H2,1-2H3,(H,88,93)/b8-6-,14-12-,20-18-,26-24-,32-30-,41-39-,48-46+,56-54+,64-62+. The van der Waals surface area contributed by atoms with Gasteiger partial charge in [-0.2, -0.15) is 0 Å². The molecule has 0 aromatic heterocycles. The van der Waals surface area contributed by atoms with E-state index in [0.717, 1.165) is 96.3 Å². The molecular formula is C87H151NO18. The number of amides is 1. The van der Waals surface area contributed by atoms with Crippen LogP contribution in [-0.4, -0.2) is 193 Å². The van der Waals surface area contributed by atoms with E-state index in [1.165, 1.54) is 173 Å². The number of carbonyl (C=O) groups excluding carboxylic acids is 1. The van der Waals surface area contributed by atoms with Gasteiger partial charge in [0.15, 0.2) is 18.9 Å². The first-order valence-electron chi connectivity index (χ1n) is 42.1. The van der Waals surface area contributed by atoms with Crippen LogP contribution in [0.3, 0.4) is 0 Å². The molecule has 17 unspecified atom stereocenters. The van der Waals surface area contributed by atoms with Gasteiger partial charge in [0.1, 0.15) is 73.2 Å². The Labute approximate surface area is 640 Å². The van der Waals surface area contributed by atoms with E-state index in [4.69, 9.17) is 28.4 Å². The van der Waals surface area contributed by atoms with Crippen molar-refractivity contribution in [1.82, 2.24) is 5.32 Å². The lowest BCUT2D eigenvalue weighted by Crippen LogP contribution is -2.66. The fourth-order valence-corrected chi connectivity index (χ4v) is 13.6. The smallest absolute Gasteiger partial charge is 0.220 e. The average molecular weight is 1500 g/mol. The Kier molecular flexibility index (Phi) is 60.3. The van der Waals surface area contributed by atoms with Gasteiger partial charge in [-0.3, -0.25) is 4.79 Å². The van der Waals surface area contributed by atoms with Crippen molar-refractivity contribution in [2.75, 3.05) is 26.4 Å². The summed E-state index contributed by atoms with van der Waals surface area (Å²) in [5.41, 5.74) is 0. The lowest BCUT2D eigenvalue weighted by atomic mass is 9.96. The van der Waals surface area contributed by atoms with Crippen LogP contribution < -0.4 is 5.32 Å². The number of carbonyl (C=O) groups is 1. The summed E-state index contributed by atoms with van der Waals surface area (Å²) in [6, 6.07) is -1.01. The second-order valence-electron chi connectivity index (χ2n) is 29.5. The summed E-state index contributed by atoms with van der Waals surface area (Å²) in [4.78, 5) is 13.5. The number of unbranched alkanes of at least 4 members (excludes halogenated alkanes) is 34. The molecule has 0 bridgehead atoms. The fraction of sp³-hybridized carbons (Fsp3) is 0.782. The minimum absolute atomic E-state index is 0.220. The molecule has 612 valence electrons. The maximum Gasteiger partial charge on any atom is 0.220 e. The van der Waals surface area contributed by atoms with E-state index < -0.39 is 124 Å². The van der Waals surface area contributed by atoms with Gasteiger partial charge in [0.05, 0.1) is 38.6 Å². The van der Waals surface area contributed by atoms with Crippen LogP contribution in [0.5, 0.6) is 0 Å². The molecule has 1 amide bonds. The molecule has 19 heteroatoms. The first-order chi connectivity index (χ1) is 51.8. The van der Waals surface area contributed by atoms with E-state index in [-0.39, 0.29) is 18.9 Å². The van der Waals surface area contributed by atoms with Gasteiger partial charge in [0.25, 0.3) is 0 Å². The molecule has 0 aliphatic carbocycles. The third-order valence-corrected chi connectivity index (χ3v) is 20.3. The Morgan fingerprint density at radius 3 is 1.06 bits per heavy atom. The third-order valence-electron chi connectivity index (χ3n) is 20.3. The molecule has 3 rings (SSSR count). The third kappa shape index (κ3) is 45.1. The lowest BCUT2D eigenvalue weighted by Gasteiger charge is -2.48. The fourth-order valence-electron chi connectivity index (χ4n) is 13.6.